The summed E-state index contributed by atoms with van der Waals surface area (Å²) in [4.78, 5) is 40.2. The average Bonchev–Trinajstić information content (AvgIpc) is 3.41. The van der Waals surface area contributed by atoms with E-state index in [-0.39, 0.29) is 6.03 Å². The summed E-state index contributed by atoms with van der Waals surface area (Å²) in [6.45, 7) is 11.8. The highest BCUT2D eigenvalue weighted by Gasteiger charge is 2.40. The molecule has 1 saturated heterocycles. The van der Waals surface area contributed by atoms with Gasteiger partial charge >= 0.3 is 12.0 Å². The Morgan fingerprint density at radius 1 is 1.26 bits per heavy atom. The third-order valence-electron chi connectivity index (χ3n) is 7.59. The Labute approximate surface area is 255 Å². The smallest absolute Gasteiger partial charge is 0.321 e. The largest absolute Gasteiger partial charge is 0.481 e. The van der Waals surface area contributed by atoms with Crippen LogP contribution in [0, 0.1) is 16.7 Å². The number of pyridine rings is 1. The summed E-state index contributed by atoms with van der Waals surface area (Å²) in [5, 5.41) is 25.1. The lowest BCUT2D eigenvalue weighted by atomic mass is 9.75. The van der Waals surface area contributed by atoms with E-state index in [0.717, 1.165) is 34.2 Å². The molecule has 0 bridgehead atoms. The lowest BCUT2D eigenvalue weighted by Crippen LogP contribution is -2.43. The number of fused-ring (bicyclic) bond motifs is 1. The predicted octanol–water partition coefficient (Wildman–Crippen LogP) is 6.67. The van der Waals surface area contributed by atoms with Crippen LogP contribution in [0.25, 0.3) is 27.0 Å². The molecule has 3 heterocycles. The van der Waals surface area contributed by atoms with Crippen molar-refractivity contribution in [2.75, 3.05) is 25.0 Å². The van der Waals surface area contributed by atoms with Crippen LogP contribution in [0.5, 0.6) is 0 Å². The number of aliphatic carboxylic acids is 1. The number of anilines is 1. The summed E-state index contributed by atoms with van der Waals surface area (Å²) >= 11 is 1.36. The van der Waals surface area contributed by atoms with E-state index in [0.29, 0.717) is 66.6 Å². The van der Waals surface area contributed by atoms with Crippen molar-refractivity contribution in [3.63, 3.8) is 0 Å². The van der Waals surface area contributed by atoms with Gasteiger partial charge in [-0.2, -0.15) is 5.26 Å². The number of benzene rings is 1. The van der Waals surface area contributed by atoms with Gasteiger partial charge in [0.05, 0.1) is 26.9 Å². The second-order valence-corrected chi connectivity index (χ2v) is 11.5. The molecular formula is C32H37N7O3S. The molecule has 224 valence electrons. The summed E-state index contributed by atoms with van der Waals surface area (Å²) < 4.78 is 0.854. The van der Waals surface area contributed by atoms with E-state index in [4.69, 9.17) is 9.98 Å². The first-order valence-corrected chi connectivity index (χ1v) is 15.3. The Hall–Kier alpha value is -4.56. The van der Waals surface area contributed by atoms with Gasteiger partial charge in [-0.15, -0.1) is 0 Å². The number of likely N-dealkylation sites (tertiary alicyclic amines) is 1. The molecule has 3 aromatic rings. The van der Waals surface area contributed by atoms with Crippen molar-refractivity contribution in [3.05, 3.63) is 60.1 Å². The number of nitrogens with one attached hydrogen (secondary N) is 2. The van der Waals surface area contributed by atoms with Crippen molar-refractivity contribution in [1.82, 2.24) is 20.2 Å². The fourth-order valence-electron chi connectivity index (χ4n) is 5.30. The van der Waals surface area contributed by atoms with Crippen molar-refractivity contribution in [1.29, 1.82) is 5.26 Å². The number of carboxylic acid groups (broad SMARTS) is 1. The Kier molecular flexibility index (Phi) is 10.3. The van der Waals surface area contributed by atoms with Crippen molar-refractivity contribution < 1.29 is 14.7 Å². The van der Waals surface area contributed by atoms with Gasteiger partial charge in [0, 0.05) is 37.6 Å². The zero-order valence-corrected chi connectivity index (χ0v) is 25.6. The number of aliphatic imine (C=N–C) groups is 1. The standard InChI is InChI=1S/C32H37N7O3S/c1-5-8-23(20-35-21(4)39-14-12-32(11-6-2,13-15-39)29(40)41)24-16-25(26-10-9-22(18-33)19-36-26)28-27(17-24)37-31(43-28)38-30(42)34-7-3/h8-10,16-17,19-20H,4-7,11-15H2,1-3H3,(H,40,41)(H2,34,37,38,42)/b23-8+,35-20?. The maximum atomic E-state index is 12.2. The number of carboxylic acids is 1. The number of rotatable bonds is 11. The number of aromatic nitrogens is 2. The lowest BCUT2D eigenvalue weighted by molar-refractivity contribution is -0.152. The van der Waals surface area contributed by atoms with Gasteiger partial charge in [-0.3, -0.25) is 15.1 Å². The Morgan fingerprint density at radius 2 is 2.02 bits per heavy atom. The van der Waals surface area contributed by atoms with Crippen molar-refractivity contribution in [2.45, 2.75) is 52.9 Å². The zero-order valence-electron chi connectivity index (χ0n) is 24.8. The van der Waals surface area contributed by atoms with Gasteiger partial charge in [0.15, 0.2) is 5.13 Å². The summed E-state index contributed by atoms with van der Waals surface area (Å²) in [6.07, 6.45) is 8.80. The van der Waals surface area contributed by atoms with Crippen molar-refractivity contribution in [2.24, 2.45) is 10.4 Å². The van der Waals surface area contributed by atoms with Gasteiger partial charge in [-0.25, -0.2) is 14.8 Å². The molecule has 0 atom stereocenters. The van der Waals surface area contributed by atoms with Gasteiger partial charge in [0.25, 0.3) is 0 Å². The molecule has 1 aromatic carbocycles. The maximum Gasteiger partial charge on any atom is 0.321 e. The monoisotopic (exact) mass is 599 g/mol. The summed E-state index contributed by atoms with van der Waals surface area (Å²) in [5.41, 5.74) is 3.73. The van der Waals surface area contributed by atoms with E-state index in [9.17, 15) is 20.0 Å². The highest BCUT2D eigenvalue weighted by molar-refractivity contribution is 7.22. The first kappa shape index (κ1) is 31.4. The molecule has 1 aliphatic rings. The molecule has 1 aliphatic heterocycles. The molecule has 0 radical (unpaired) electrons. The van der Waals surface area contributed by atoms with Gasteiger partial charge in [0.2, 0.25) is 0 Å². The fraction of sp³-hybridized carbons (Fsp3) is 0.375. The Balaban J connectivity index is 1.66. The molecule has 1 fully saturated rings. The predicted molar refractivity (Wildman–Crippen MR) is 172 cm³/mol. The number of carbonyl (C=O) groups excluding carboxylic acids is 1. The van der Waals surface area contributed by atoms with E-state index >= 15 is 0 Å². The Morgan fingerprint density at radius 3 is 2.63 bits per heavy atom. The van der Waals surface area contributed by atoms with E-state index in [1.807, 2.05) is 37.8 Å². The topological polar surface area (TPSA) is 144 Å². The number of thiazole rings is 1. The highest BCUT2D eigenvalue weighted by Crippen LogP contribution is 2.39. The molecule has 2 amide bonds. The van der Waals surface area contributed by atoms with Crippen LogP contribution < -0.4 is 10.6 Å². The van der Waals surface area contributed by atoms with E-state index in [2.05, 4.69) is 34.3 Å². The minimum Gasteiger partial charge on any atom is -0.481 e. The van der Waals surface area contributed by atoms with E-state index < -0.39 is 11.4 Å². The maximum absolute atomic E-state index is 12.2. The third-order valence-corrected chi connectivity index (χ3v) is 8.61. The van der Waals surface area contributed by atoms with Gasteiger partial charge in [-0.05, 0) is 68.0 Å². The lowest BCUT2D eigenvalue weighted by Gasteiger charge is -2.39. The highest BCUT2D eigenvalue weighted by atomic mass is 32.1. The molecule has 0 spiro atoms. The normalized spacial score (nSPS) is 14.9. The molecule has 0 aliphatic carbocycles. The van der Waals surface area contributed by atoms with E-state index in [1.54, 1.807) is 18.3 Å². The van der Waals surface area contributed by atoms with Crippen LogP contribution in [0.1, 0.15) is 64.0 Å². The number of urea groups is 1. The molecule has 0 unspecified atom stereocenters. The number of carbonyl (C=O) groups is 2. The molecule has 11 heteroatoms. The summed E-state index contributed by atoms with van der Waals surface area (Å²) in [6, 6.07) is 9.29. The SMILES string of the molecule is C=C(N=C/C(=C\CC)c1cc(-c2ccc(C#N)cn2)c2sc(NC(=O)NCC)nc2c1)N1CCC(CCC)(C(=O)O)CC1. The van der Waals surface area contributed by atoms with Gasteiger partial charge in [-0.1, -0.05) is 44.3 Å². The van der Waals surface area contributed by atoms with Crippen molar-refractivity contribution in [3.8, 4) is 17.3 Å². The summed E-state index contributed by atoms with van der Waals surface area (Å²) in [5.74, 6) is -0.125. The molecule has 43 heavy (non-hydrogen) atoms. The second-order valence-electron chi connectivity index (χ2n) is 10.5. The first-order chi connectivity index (χ1) is 20.7. The number of hydrogen-bond donors (Lipinski definition) is 3. The molecule has 3 N–H and O–H groups in total. The van der Waals surface area contributed by atoms with Crippen LogP contribution in [0.3, 0.4) is 0 Å². The number of piperidine rings is 1. The van der Waals surface area contributed by atoms with Gasteiger partial charge < -0.3 is 15.3 Å². The van der Waals surface area contributed by atoms with Crippen LogP contribution in [-0.2, 0) is 4.79 Å². The molecule has 10 nitrogen and oxygen atoms in total. The minimum absolute atomic E-state index is 0.329. The molecular weight excluding hydrogens is 562 g/mol. The molecule has 0 saturated carbocycles. The zero-order chi connectivity index (χ0) is 31.0. The van der Waals surface area contributed by atoms with E-state index in [1.165, 1.54) is 17.5 Å². The van der Waals surface area contributed by atoms with Gasteiger partial charge in [0.1, 0.15) is 11.9 Å². The Bertz CT molecular complexity index is 1590. The third kappa shape index (κ3) is 7.27. The summed E-state index contributed by atoms with van der Waals surface area (Å²) in [7, 11) is 0. The van der Waals surface area contributed by atoms with Crippen LogP contribution >= 0.6 is 11.3 Å². The quantitative estimate of drug-likeness (QED) is 0.209. The minimum atomic E-state index is -0.717. The number of amides is 2. The number of nitrogens with zero attached hydrogens (tertiary/aromatic N) is 5. The van der Waals surface area contributed by atoms with Crippen LogP contribution in [0.15, 0.2) is 53.9 Å². The average molecular weight is 600 g/mol. The second kappa shape index (κ2) is 14.1. The van der Waals surface area contributed by atoms with Crippen LogP contribution in [0.2, 0.25) is 0 Å². The number of nitriles is 1. The molecule has 2 aromatic heterocycles. The van der Waals surface area contributed by atoms with Crippen LogP contribution in [0.4, 0.5) is 9.93 Å². The first-order valence-electron chi connectivity index (χ1n) is 14.5. The number of hydrogen-bond acceptors (Lipinski definition) is 8. The van der Waals surface area contributed by atoms with Crippen molar-refractivity contribution >= 4 is 50.5 Å². The number of allylic oxidation sites excluding steroid dienone is 2. The van der Waals surface area contributed by atoms with Crippen LogP contribution in [-0.4, -0.2) is 57.8 Å². The molecule has 4 rings (SSSR count). The fourth-order valence-corrected chi connectivity index (χ4v) is 6.26.